The second kappa shape index (κ2) is 10.2. The number of carbonyl (C=O) groups excluding carboxylic acids is 3. The Balaban J connectivity index is 0.00000261. The van der Waals surface area contributed by atoms with Crippen LogP contribution in [-0.2, 0) is 9.59 Å². The van der Waals surface area contributed by atoms with Gasteiger partial charge in [-0.25, -0.2) is 0 Å². The summed E-state index contributed by atoms with van der Waals surface area (Å²) >= 11 is 0. The van der Waals surface area contributed by atoms with E-state index in [0.29, 0.717) is 6.04 Å². The van der Waals surface area contributed by atoms with Crippen molar-refractivity contribution in [1.82, 2.24) is 10.2 Å². The maximum Gasteiger partial charge on any atom is 1.00 e. The number of nitrogens with zero attached hydrogens (tertiary/aromatic N) is 1. The standard InChI is InChI=1S/C19H25N3O4.Na/c23-17(15-8-4-5-9-16(15)21-18(24)19(25)26)20-13-10-11-22(12-13)14-6-2-1-3-7-14;/h4-5,8-9,13-14H,1-3,6-7,10-12H2,(H,20,23)(H,21,24)(H,25,26);/q;+1/p-1. The Morgan fingerprint density at radius 3 is 2.44 bits per heavy atom. The zero-order chi connectivity index (χ0) is 18.5. The van der Waals surface area contributed by atoms with Gasteiger partial charge in [0.15, 0.2) is 0 Å². The first-order valence-corrected chi connectivity index (χ1v) is 9.21. The Hall–Kier alpha value is -1.41. The van der Waals surface area contributed by atoms with Crippen LogP contribution in [0.5, 0.6) is 0 Å². The SMILES string of the molecule is O=C([O-])C(=O)Nc1ccccc1C(=O)NC1CCN(C2CCCCC2)C1.[Na+]. The molecule has 1 saturated carbocycles. The van der Waals surface area contributed by atoms with Crippen molar-refractivity contribution in [3.63, 3.8) is 0 Å². The third-order valence-electron chi connectivity index (χ3n) is 5.25. The second-order valence-corrected chi connectivity index (χ2v) is 7.03. The van der Waals surface area contributed by atoms with Crippen molar-refractivity contribution in [2.45, 2.75) is 50.6 Å². The molecule has 140 valence electrons. The number of hydrogen-bond donors (Lipinski definition) is 2. The molecular weight excluding hydrogens is 357 g/mol. The van der Waals surface area contributed by atoms with E-state index in [1.807, 2.05) is 0 Å². The molecule has 8 heteroatoms. The van der Waals surface area contributed by atoms with Gasteiger partial charge in [-0.1, -0.05) is 31.4 Å². The third-order valence-corrected chi connectivity index (χ3v) is 5.25. The number of anilines is 1. The van der Waals surface area contributed by atoms with Gasteiger partial charge in [-0.2, -0.15) is 0 Å². The van der Waals surface area contributed by atoms with Gasteiger partial charge < -0.3 is 20.5 Å². The van der Waals surface area contributed by atoms with Gasteiger partial charge in [0.25, 0.3) is 11.8 Å². The van der Waals surface area contributed by atoms with Crippen molar-refractivity contribution in [3.05, 3.63) is 29.8 Å². The number of carboxylic acid groups (broad SMARTS) is 1. The molecule has 0 radical (unpaired) electrons. The van der Waals surface area contributed by atoms with Crippen molar-refractivity contribution >= 4 is 23.5 Å². The van der Waals surface area contributed by atoms with Gasteiger partial charge in [-0.15, -0.1) is 0 Å². The van der Waals surface area contributed by atoms with Crippen molar-refractivity contribution in [3.8, 4) is 0 Å². The number of aliphatic carboxylic acids is 1. The summed E-state index contributed by atoms with van der Waals surface area (Å²) in [6, 6.07) is 7.05. The minimum atomic E-state index is -1.83. The summed E-state index contributed by atoms with van der Waals surface area (Å²) in [6.45, 7) is 1.82. The molecule has 2 N–H and O–H groups in total. The molecule has 7 nitrogen and oxygen atoms in total. The molecule has 1 heterocycles. The first-order valence-electron chi connectivity index (χ1n) is 9.21. The minimum absolute atomic E-state index is 0. The summed E-state index contributed by atoms with van der Waals surface area (Å²) in [5.74, 6) is -3.41. The Bertz CT molecular complexity index is 691. The molecule has 1 aliphatic heterocycles. The Morgan fingerprint density at radius 2 is 1.74 bits per heavy atom. The second-order valence-electron chi connectivity index (χ2n) is 7.03. The quantitative estimate of drug-likeness (QED) is 0.444. The molecule has 0 aromatic heterocycles. The summed E-state index contributed by atoms with van der Waals surface area (Å²) in [7, 11) is 0. The molecular formula is C19H24N3NaO4. The molecule has 0 spiro atoms. The van der Waals surface area contributed by atoms with Crippen molar-refractivity contribution in [1.29, 1.82) is 0 Å². The van der Waals surface area contributed by atoms with E-state index in [2.05, 4.69) is 15.5 Å². The number of carbonyl (C=O) groups is 3. The van der Waals surface area contributed by atoms with Crippen LogP contribution < -0.4 is 45.3 Å². The normalized spacial score (nSPS) is 20.5. The number of amides is 2. The molecule has 2 amide bonds. The molecule has 1 aromatic rings. The zero-order valence-corrected chi connectivity index (χ0v) is 17.7. The molecule has 1 saturated heterocycles. The van der Waals surface area contributed by atoms with E-state index in [9.17, 15) is 19.5 Å². The molecule has 1 atom stereocenters. The minimum Gasteiger partial charge on any atom is -0.540 e. The fourth-order valence-corrected chi connectivity index (χ4v) is 3.91. The summed E-state index contributed by atoms with van der Waals surface area (Å²) in [5.41, 5.74) is 0.416. The predicted octanol–water partition coefficient (Wildman–Crippen LogP) is -2.48. The van der Waals surface area contributed by atoms with Gasteiger partial charge in [0.2, 0.25) is 0 Å². The number of rotatable bonds is 4. The third kappa shape index (κ3) is 5.78. The van der Waals surface area contributed by atoms with Crippen molar-refractivity contribution in [2.24, 2.45) is 0 Å². The summed E-state index contributed by atoms with van der Waals surface area (Å²) in [4.78, 5) is 37.0. The van der Waals surface area contributed by atoms with Crippen LogP contribution in [0.2, 0.25) is 0 Å². The number of para-hydroxylation sites is 1. The van der Waals surface area contributed by atoms with Crippen LogP contribution in [0.3, 0.4) is 0 Å². The van der Waals surface area contributed by atoms with E-state index in [1.165, 1.54) is 38.2 Å². The molecule has 2 aliphatic rings. The number of benzene rings is 1. The summed E-state index contributed by atoms with van der Waals surface area (Å²) in [6.07, 6.45) is 7.25. The fourth-order valence-electron chi connectivity index (χ4n) is 3.91. The number of likely N-dealkylation sites (tertiary alicyclic amines) is 1. The monoisotopic (exact) mass is 381 g/mol. The van der Waals surface area contributed by atoms with Crippen LogP contribution >= 0.6 is 0 Å². The van der Waals surface area contributed by atoms with Crippen LogP contribution in [0.25, 0.3) is 0 Å². The smallest absolute Gasteiger partial charge is 0.540 e. The maximum absolute atomic E-state index is 12.6. The van der Waals surface area contributed by atoms with Crippen LogP contribution in [0, 0.1) is 0 Å². The van der Waals surface area contributed by atoms with Gasteiger partial charge in [0.1, 0.15) is 5.97 Å². The van der Waals surface area contributed by atoms with Gasteiger partial charge in [0.05, 0.1) is 11.3 Å². The average molecular weight is 381 g/mol. The number of carboxylic acids is 1. The molecule has 3 rings (SSSR count). The number of hydrogen-bond acceptors (Lipinski definition) is 5. The van der Waals surface area contributed by atoms with Crippen LogP contribution in [0.1, 0.15) is 48.9 Å². The van der Waals surface area contributed by atoms with Crippen LogP contribution in [-0.4, -0.2) is 47.9 Å². The van der Waals surface area contributed by atoms with Crippen LogP contribution in [0.4, 0.5) is 5.69 Å². The largest absolute Gasteiger partial charge is 1.00 e. The van der Waals surface area contributed by atoms with Gasteiger partial charge in [-0.05, 0) is 31.4 Å². The van der Waals surface area contributed by atoms with Crippen molar-refractivity contribution in [2.75, 3.05) is 18.4 Å². The van der Waals surface area contributed by atoms with E-state index in [1.54, 1.807) is 18.2 Å². The Labute approximate surface area is 181 Å². The van der Waals surface area contributed by atoms with E-state index < -0.39 is 11.9 Å². The first-order chi connectivity index (χ1) is 12.5. The Morgan fingerprint density at radius 1 is 1.04 bits per heavy atom. The molecule has 2 fully saturated rings. The molecule has 1 aliphatic carbocycles. The first kappa shape index (κ1) is 21.9. The van der Waals surface area contributed by atoms with Crippen molar-refractivity contribution < 1.29 is 49.0 Å². The predicted molar refractivity (Wildman–Crippen MR) is 94.4 cm³/mol. The Kier molecular flexibility index (Phi) is 8.28. The van der Waals surface area contributed by atoms with Gasteiger partial charge in [0, 0.05) is 25.2 Å². The van der Waals surface area contributed by atoms with Gasteiger partial charge in [-0.3, -0.25) is 14.5 Å². The van der Waals surface area contributed by atoms with E-state index >= 15 is 0 Å². The number of nitrogens with one attached hydrogen (secondary N) is 2. The van der Waals surface area contributed by atoms with E-state index in [4.69, 9.17) is 0 Å². The maximum atomic E-state index is 12.6. The summed E-state index contributed by atoms with van der Waals surface area (Å²) in [5, 5.41) is 15.8. The van der Waals surface area contributed by atoms with E-state index in [0.717, 1.165) is 19.5 Å². The topological polar surface area (TPSA) is 102 Å². The van der Waals surface area contributed by atoms with Crippen LogP contribution in [0.15, 0.2) is 24.3 Å². The molecule has 27 heavy (non-hydrogen) atoms. The molecule has 0 bridgehead atoms. The molecule has 1 aromatic carbocycles. The average Bonchev–Trinajstić information content (AvgIpc) is 3.11. The molecule has 1 unspecified atom stereocenters. The van der Waals surface area contributed by atoms with Gasteiger partial charge >= 0.3 is 29.6 Å². The van der Waals surface area contributed by atoms with E-state index in [-0.39, 0.29) is 52.8 Å². The fraction of sp³-hybridized carbons (Fsp3) is 0.526. The summed E-state index contributed by atoms with van der Waals surface area (Å²) < 4.78 is 0. The zero-order valence-electron chi connectivity index (χ0n) is 15.7.